The van der Waals surface area contributed by atoms with E-state index in [1.54, 1.807) is 12.1 Å². The van der Waals surface area contributed by atoms with Crippen LogP contribution in [-0.2, 0) is 11.3 Å². The normalized spacial score (nSPS) is 18.4. The molecule has 0 aromatic heterocycles. The van der Waals surface area contributed by atoms with Crippen LogP contribution in [-0.4, -0.2) is 17.0 Å². The van der Waals surface area contributed by atoms with Gasteiger partial charge >= 0.3 is 5.97 Å². The highest BCUT2D eigenvalue weighted by molar-refractivity contribution is 6.09. The van der Waals surface area contributed by atoms with Crippen molar-refractivity contribution >= 4 is 17.6 Å². The van der Waals surface area contributed by atoms with E-state index in [9.17, 15) is 9.59 Å². The Balaban J connectivity index is 2.04. The van der Waals surface area contributed by atoms with Crippen LogP contribution in [0.1, 0.15) is 38.4 Å². The van der Waals surface area contributed by atoms with Gasteiger partial charge in [0.15, 0.2) is 0 Å². The summed E-state index contributed by atoms with van der Waals surface area (Å²) in [5.41, 5.74) is 1.61. The lowest BCUT2D eigenvalue weighted by Gasteiger charge is -2.16. The maximum atomic E-state index is 12.5. The first-order chi connectivity index (χ1) is 11.2. The van der Waals surface area contributed by atoms with Crippen molar-refractivity contribution in [2.45, 2.75) is 19.4 Å². The summed E-state index contributed by atoms with van der Waals surface area (Å²) in [6.07, 6.45) is 0. The molecule has 0 saturated carbocycles. The lowest BCUT2D eigenvalue weighted by molar-refractivity contribution is -0.138. The maximum Gasteiger partial charge on any atom is 0.310 e. The van der Waals surface area contributed by atoms with Gasteiger partial charge in [0.1, 0.15) is 0 Å². The number of anilines is 1. The van der Waals surface area contributed by atoms with Crippen LogP contribution in [0.4, 0.5) is 5.69 Å². The molecule has 1 amide bonds. The molecule has 4 nitrogen and oxygen atoms in total. The first-order valence-electron chi connectivity index (χ1n) is 7.98. The summed E-state index contributed by atoms with van der Waals surface area (Å²) in [5.74, 6) is -3.74. The van der Waals surface area contributed by atoms with Crippen molar-refractivity contribution in [2.75, 3.05) is 4.90 Å². The Labute approximate surface area is 126 Å². The quantitative estimate of drug-likeness (QED) is 0.942. The smallest absolute Gasteiger partial charge is 0.310 e. The topological polar surface area (TPSA) is 57.6 Å². The summed E-state index contributed by atoms with van der Waals surface area (Å²) in [5, 5.41) is 9.17. The molecule has 1 unspecified atom stereocenters. The molecule has 0 spiro atoms. The molecule has 0 bridgehead atoms. The highest BCUT2D eigenvalue weighted by Crippen LogP contribution is 2.29. The van der Waals surface area contributed by atoms with Crippen LogP contribution in [0.25, 0.3) is 0 Å². The van der Waals surface area contributed by atoms with Crippen molar-refractivity contribution in [1.82, 2.24) is 0 Å². The van der Waals surface area contributed by atoms with Crippen LogP contribution in [0.3, 0.4) is 0 Å². The zero-order valence-electron chi connectivity index (χ0n) is 14.4. The van der Waals surface area contributed by atoms with Gasteiger partial charge in [-0.2, -0.15) is 0 Å². The summed E-state index contributed by atoms with van der Waals surface area (Å²) < 4.78 is 24.0. The summed E-state index contributed by atoms with van der Waals surface area (Å²) in [6, 6.07) is 9.38. The van der Waals surface area contributed by atoms with Crippen LogP contribution in [0.15, 0.2) is 48.5 Å². The average Bonchev–Trinajstić information content (AvgIpc) is 2.84. The maximum absolute atomic E-state index is 12.5. The van der Waals surface area contributed by atoms with E-state index < -0.39 is 11.9 Å². The number of hydrogen-bond acceptors (Lipinski definition) is 2. The lowest BCUT2D eigenvalue weighted by Crippen LogP contribution is -2.23. The zero-order valence-corrected chi connectivity index (χ0v) is 11.4. The number of amides is 1. The van der Waals surface area contributed by atoms with Crippen LogP contribution in [0, 0.1) is 0 Å². The first-order valence-corrected chi connectivity index (χ1v) is 6.48. The number of carbonyl (C=O) groups is 2. The van der Waals surface area contributed by atoms with Crippen LogP contribution < -0.4 is 4.90 Å². The summed E-state index contributed by atoms with van der Waals surface area (Å²) in [6.45, 7) is 1.47. The van der Waals surface area contributed by atoms with E-state index in [-0.39, 0.29) is 23.6 Å². The molecule has 1 aliphatic rings. The van der Waals surface area contributed by atoms with E-state index in [2.05, 4.69) is 0 Å². The molecule has 4 heteroatoms. The van der Waals surface area contributed by atoms with E-state index in [0.29, 0.717) is 17.8 Å². The SMILES string of the molecule is [2H]c1cc(N2Cc3ccccc3C2=O)cc([2H])c1C([2H])(C)C(=O)O. The Morgan fingerprint density at radius 3 is 2.62 bits per heavy atom. The number of hydrogen-bond donors (Lipinski definition) is 1. The molecule has 1 aliphatic heterocycles. The predicted molar refractivity (Wildman–Crippen MR) is 79.4 cm³/mol. The van der Waals surface area contributed by atoms with Crippen LogP contribution in [0.5, 0.6) is 0 Å². The minimum Gasteiger partial charge on any atom is -0.481 e. The largest absolute Gasteiger partial charge is 0.481 e. The molecule has 106 valence electrons. The second kappa shape index (κ2) is 5.05. The lowest BCUT2D eigenvalue weighted by atomic mass is 10.0. The third kappa shape index (κ3) is 2.29. The monoisotopic (exact) mass is 284 g/mol. The number of carboxylic acid groups (broad SMARTS) is 1. The summed E-state index contributed by atoms with van der Waals surface area (Å²) >= 11 is 0. The van der Waals surface area contributed by atoms with Crippen LogP contribution >= 0.6 is 0 Å². The molecule has 21 heavy (non-hydrogen) atoms. The molecule has 0 aliphatic carbocycles. The van der Waals surface area contributed by atoms with Gasteiger partial charge in [-0.25, -0.2) is 0 Å². The van der Waals surface area contributed by atoms with E-state index in [4.69, 9.17) is 9.22 Å². The van der Waals surface area contributed by atoms with Crippen LogP contribution in [0.2, 0.25) is 0 Å². The molecule has 0 saturated heterocycles. The van der Waals surface area contributed by atoms with Crippen molar-refractivity contribution in [3.63, 3.8) is 0 Å². The van der Waals surface area contributed by atoms with Gasteiger partial charge in [0.05, 0.1) is 15.2 Å². The van der Waals surface area contributed by atoms with Gasteiger partial charge in [0.2, 0.25) is 0 Å². The molecular weight excluding hydrogens is 266 g/mol. The van der Waals surface area contributed by atoms with E-state index in [1.807, 2.05) is 12.1 Å². The molecule has 1 N–H and O–H groups in total. The number of carbonyl (C=O) groups excluding carboxylic acids is 1. The number of fused-ring (bicyclic) bond motifs is 1. The highest BCUT2D eigenvalue weighted by Gasteiger charge is 2.28. The Bertz CT molecular complexity index is 841. The van der Waals surface area contributed by atoms with Crippen molar-refractivity contribution in [3.8, 4) is 0 Å². The average molecular weight is 284 g/mol. The van der Waals surface area contributed by atoms with Gasteiger partial charge in [-0.05, 0) is 36.2 Å². The first kappa shape index (κ1) is 10.2. The molecule has 0 radical (unpaired) electrons. The molecule has 2 aromatic carbocycles. The van der Waals surface area contributed by atoms with E-state index in [1.165, 1.54) is 17.0 Å². The summed E-state index contributed by atoms with van der Waals surface area (Å²) in [4.78, 5) is 25.2. The zero-order chi connectivity index (χ0) is 17.6. The Morgan fingerprint density at radius 1 is 1.33 bits per heavy atom. The third-order valence-corrected chi connectivity index (χ3v) is 3.56. The molecule has 0 fully saturated rings. The van der Waals surface area contributed by atoms with Gasteiger partial charge < -0.3 is 10.0 Å². The second-order valence-corrected chi connectivity index (χ2v) is 4.86. The molecule has 1 atom stereocenters. The molecule has 3 rings (SSSR count). The number of carboxylic acids is 1. The molecular formula is C17H15NO3. The standard InChI is InChI=1S/C17H15NO3/c1-11(17(20)21)12-6-8-14(9-7-12)18-10-13-4-2-3-5-15(13)16(18)19/h2-9,11H,10H2,1H3,(H,20,21)/i6D,7D,11D. The third-order valence-electron chi connectivity index (χ3n) is 3.56. The fraction of sp³-hybridized carbons (Fsp3) is 0.176. The summed E-state index contributed by atoms with van der Waals surface area (Å²) in [7, 11) is 0. The van der Waals surface area contributed by atoms with Gasteiger partial charge in [-0.15, -0.1) is 0 Å². The van der Waals surface area contributed by atoms with Crippen molar-refractivity contribution in [3.05, 3.63) is 65.2 Å². The fourth-order valence-corrected chi connectivity index (χ4v) is 2.32. The Kier molecular flexibility index (Phi) is 2.44. The fourth-order valence-electron chi connectivity index (χ4n) is 2.32. The van der Waals surface area contributed by atoms with Gasteiger partial charge in [-0.1, -0.05) is 30.3 Å². The van der Waals surface area contributed by atoms with Crippen molar-refractivity contribution < 1.29 is 18.8 Å². The molecule has 2 aromatic rings. The number of rotatable bonds is 3. The number of aliphatic carboxylic acids is 1. The van der Waals surface area contributed by atoms with Gasteiger partial charge in [0.25, 0.3) is 5.91 Å². The van der Waals surface area contributed by atoms with E-state index >= 15 is 0 Å². The minimum atomic E-state index is -2.09. The highest BCUT2D eigenvalue weighted by atomic mass is 16.4. The van der Waals surface area contributed by atoms with E-state index in [0.717, 1.165) is 12.5 Å². The Hall–Kier alpha value is -2.62. The number of benzene rings is 2. The van der Waals surface area contributed by atoms with Crippen molar-refractivity contribution in [1.29, 1.82) is 0 Å². The minimum absolute atomic E-state index is 0.192. The number of nitrogens with zero attached hydrogens (tertiary/aromatic N) is 1. The Morgan fingerprint density at radius 2 is 2.00 bits per heavy atom. The van der Waals surface area contributed by atoms with Gasteiger partial charge in [0, 0.05) is 12.6 Å². The van der Waals surface area contributed by atoms with Crippen molar-refractivity contribution in [2.24, 2.45) is 0 Å². The second-order valence-electron chi connectivity index (χ2n) is 4.86. The van der Waals surface area contributed by atoms with Gasteiger partial charge in [-0.3, -0.25) is 9.59 Å². The molecule has 1 heterocycles. The predicted octanol–water partition coefficient (Wildman–Crippen LogP) is 3.04.